The molecule has 0 saturated carbocycles. The van der Waals surface area contributed by atoms with Crippen molar-refractivity contribution in [2.45, 2.75) is 25.1 Å². The van der Waals surface area contributed by atoms with Gasteiger partial charge in [0.05, 0.1) is 0 Å². The molecule has 2 N–H and O–H groups in total. The Morgan fingerprint density at radius 2 is 1.91 bits per heavy atom. The zero-order valence-corrected chi connectivity index (χ0v) is 12.5. The van der Waals surface area contributed by atoms with Crippen molar-refractivity contribution in [1.82, 2.24) is 4.90 Å². The van der Waals surface area contributed by atoms with Gasteiger partial charge >= 0.3 is 6.18 Å². The largest absolute Gasteiger partial charge is 0.480 e. The fourth-order valence-electron chi connectivity index (χ4n) is 2.48. The van der Waals surface area contributed by atoms with Crippen LogP contribution in [0.5, 0.6) is 11.5 Å². The van der Waals surface area contributed by atoms with E-state index >= 15 is 0 Å². The van der Waals surface area contributed by atoms with Gasteiger partial charge in [0.2, 0.25) is 0 Å². The summed E-state index contributed by atoms with van der Waals surface area (Å²) < 4.78 is 46.8. The maximum atomic E-state index is 12.2. The summed E-state index contributed by atoms with van der Waals surface area (Å²) in [4.78, 5) is 13.8. The van der Waals surface area contributed by atoms with Crippen molar-refractivity contribution in [3.63, 3.8) is 0 Å². The number of hydrogen-bond donors (Lipinski definition) is 1. The van der Waals surface area contributed by atoms with Crippen molar-refractivity contribution < 1.29 is 27.4 Å². The summed E-state index contributed by atoms with van der Waals surface area (Å²) in [6, 6.07) is 5.96. The van der Waals surface area contributed by atoms with Crippen LogP contribution in [0.4, 0.5) is 13.2 Å². The standard InChI is InChI=1S/C15H19F3N2O3/c16-15(17,18)10-23-13-6-2-1-5-12(13)22-9-14(21)20-7-3-4-11(20)8-19/h1-2,5-6,11H,3-4,7-10,19H2/t11-/m1/s1. The van der Waals surface area contributed by atoms with Gasteiger partial charge in [-0.05, 0) is 25.0 Å². The molecule has 128 valence electrons. The van der Waals surface area contributed by atoms with Crippen LogP contribution in [0.15, 0.2) is 24.3 Å². The van der Waals surface area contributed by atoms with Crippen molar-refractivity contribution in [3.05, 3.63) is 24.3 Å². The number of benzene rings is 1. The van der Waals surface area contributed by atoms with Crippen LogP contribution in [-0.4, -0.2) is 49.3 Å². The Morgan fingerprint density at radius 3 is 2.52 bits per heavy atom. The maximum absolute atomic E-state index is 12.2. The molecule has 1 aliphatic heterocycles. The van der Waals surface area contributed by atoms with E-state index in [1.54, 1.807) is 11.0 Å². The van der Waals surface area contributed by atoms with Gasteiger partial charge in [0.1, 0.15) is 0 Å². The molecule has 1 saturated heterocycles. The highest BCUT2D eigenvalue weighted by molar-refractivity contribution is 5.78. The summed E-state index contributed by atoms with van der Waals surface area (Å²) in [7, 11) is 0. The van der Waals surface area contributed by atoms with Gasteiger partial charge in [0.25, 0.3) is 5.91 Å². The normalized spacial score (nSPS) is 18.1. The number of hydrogen-bond acceptors (Lipinski definition) is 4. The van der Waals surface area contributed by atoms with Crippen molar-refractivity contribution in [2.24, 2.45) is 5.73 Å². The zero-order chi connectivity index (χ0) is 16.9. The van der Waals surface area contributed by atoms with Crippen molar-refractivity contribution in [1.29, 1.82) is 0 Å². The van der Waals surface area contributed by atoms with Crippen LogP contribution in [0.3, 0.4) is 0 Å². The van der Waals surface area contributed by atoms with Crippen LogP contribution in [0.2, 0.25) is 0 Å². The second-order valence-electron chi connectivity index (χ2n) is 5.26. The van der Waals surface area contributed by atoms with E-state index in [4.69, 9.17) is 15.2 Å². The molecule has 0 unspecified atom stereocenters. The van der Waals surface area contributed by atoms with Gasteiger partial charge in [0.15, 0.2) is 24.7 Å². The predicted octanol–water partition coefficient (Wildman–Crippen LogP) is 1.96. The molecule has 0 aliphatic carbocycles. The van der Waals surface area contributed by atoms with Gasteiger partial charge in [-0.3, -0.25) is 4.79 Å². The fourth-order valence-corrected chi connectivity index (χ4v) is 2.48. The number of alkyl halides is 3. The molecule has 2 rings (SSSR count). The molecule has 1 heterocycles. The number of carbonyl (C=O) groups excluding carboxylic acids is 1. The van der Waals surface area contributed by atoms with E-state index in [1.165, 1.54) is 18.2 Å². The van der Waals surface area contributed by atoms with E-state index in [1.807, 2.05) is 0 Å². The lowest BCUT2D eigenvalue weighted by molar-refractivity contribution is -0.153. The second kappa shape index (κ2) is 7.54. The first kappa shape index (κ1) is 17.4. The summed E-state index contributed by atoms with van der Waals surface area (Å²) in [6.45, 7) is -0.668. The fraction of sp³-hybridized carbons (Fsp3) is 0.533. The third-order valence-corrected chi connectivity index (χ3v) is 3.56. The topological polar surface area (TPSA) is 64.8 Å². The highest BCUT2D eigenvalue weighted by Gasteiger charge is 2.30. The third-order valence-electron chi connectivity index (χ3n) is 3.56. The van der Waals surface area contributed by atoms with E-state index < -0.39 is 12.8 Å². The minimum Gasteiger partial charge on any atom is -0.480 e. The summed E-state index contributed by atoms with van der Waals surface area (Å²) in [5.41, 5.74) is 5.61. The Hall–Kier alpha value is -1.96. The highest BCUT2D eigenvalue weighted by atomic mass is 19.4. The Bertz CT molecular complexity index is 537. The first-order valence-electron chi connectivity index (χ1n) is 7.31. The summed E-state index contributed by atoms with van der Waals surface area (Å²) in [6.07, 6.45) is -2.70. The number of halogens is 3. The molecule has 1 atom stereocenters. The van der Waals surface area contributed by atoms with Crippen LogP contribution in [0.25, 0.3) is 0 Å². The second-order valence-corrected chi connectivity index (χ2v) is 5.26. The first-order chi connectivity index (χ1) is 10.9. The van der Waals surface area contributed by atoms with Gasteiger partial charge < -0.3 is 20.1 Å². The van der Waals surface area contributed by atoms with E-state index in [2.05, 4.69) is 0 Å². The number of nitrogens with zero attached hydrogens (tertiary/aromatic N) is 1. The molecule has 1 aromatic rings. The van der Waals surface area contributed by atoms with Crippen LogP contribution >= 0.6 is 0 Å². The van der Waals surface area contributed by atoms with Crippen LogP contribution in [-0.2, 0) is 4.79 Å². The molecule has 1 fully saturated rings. The van der Waals surface area contributed by atoms with Gasteiger partial charge in [-0.25, -0.2) is 0 Å². The Labute approximate surface area is 132 Å². The van der Waals surface area contributed by atoms with E-state index in [-0.39, 0.29) is 30.1 Å². The average Bonchev–Trinajstić information content (AvgIpc) is 2.99. The Morgan fingerprint density at radius 1 is 1.26 bits per heavy atom. The molecular formula is C15H19F3N2O3. The first-order valence-corrected chi connectivity index (χ1v) is 7.31. The van der Waals surface area contributed by atoms with Gasteiger partial charge in [0, 0.05) is 19.1 Å². The average molecular weight is 332 g/mol. The Balaban J connectivity index is 1.94. The molecule has 1 amide bonds. The van der Waals surface area contributed by atoms with Crippen LogP contribution < -0.4 is 15.2 Å². The van der Waals surface area contributed by atoms with Gasteiger partial charge in [-0.1, -0.05) is 12.1 Å². The summed E-state index contributed by atoms with van der Waals surface area (Å²) >= 11 is 0. The lowest BCUT2D eigenvalue weighted by atomic mass is 10.2. The molecule has 8 heteroatoms. The highest BCUT2D eigenvalue weighted by Crippen LogP contribution is 2.28. The van der Waals surface area contributed by atoms with E-state index in [0.717, 1.165) is 12.8 Å². The van der Waals surface area contributed by atoms with Crippen LogP contribution in [0, 0.1) is 0 Å². The summed E-state index contributed by atoms with van der Waals surface area (Å²) in [5, 5.41) is 0. The lowest BCUT2D eigenvalue weighted by Gasteiger charge is -2.23. The molecule has 0 bridgehead atoms. The Kier molecular flexibility index (Phi) is 5.70. The maximum Gasteiger partial charge on any atom is 0.422 e. The molecule has 5 nitrogen and oxygen atoms in total. The SMILES string of the molecule is NC[C@H]1CCCN1C(=O)COc1ccccc1OCC(F)(F)F. The molecule has 0 aromatic heterocycles. The molecule has 0 radical (unpaired) electrons. The van der Waals surface area contributed by atoms with Crippen molar-refractivity contribution in [3.8, 4) is 11.5 Å². The predicted molar refractivity (Wildman–Crippen MR) is 77.3 cm³/mol. The van der Waals surface area contributed by atoms with Crippen molar-refractivity contribution in [2.75, 3.05) is 26.3 Å². The molecule has 0 spiro atoms. The third kappa shape index (κ3) is 5.02. The number of nitrogens with two attached hydrogens (primary N) is 1. The number of carbonyl (C=O) groups is 1. The number of amides is 1. The summed E-state index contributed by atoms with van der Waals surface area (Å²) in [5.74, 6) is -0.174. The smallest absolute Gasteiger partial charge is 0.422 e. The van der Waals surface area contributed by atoms with Gasteiger partial charge in [-0.15, -0.1) is 0 Å². The van der Waals surface area contributed by atoms with Gasteiger partial charge in [-0.2, -0.15) is 13.2 Å². The van der Waals surface area contributed by atoms with Crippen LogP contribution in [0.1, 0.15) is 12.8 Å². The number of ether oxygens (including phenoxy) is 2. The lowest BCUT2D eigenvalue weighted by Crippen LogP contribution is -2.42. The molecule has 23 heavy (non-hydrogen) atoms. The monoisotopic (exact) mass is 332 g/mol. The number of likely N-dealkylation sites (tertiary alicyclic amines) is 1. The molecule has 1 aliphatic rings. The minimum atomic E-state index is -4.44. The number of rotatable bonds is 6. The minimum absolute atomic E-state index is 0.00261. The zero-order valence-electron chi connectivity index (χ0n) is 12.5. The molecular weight excluding hydrogens is 313 g/mol. The quantitative estimate of drug-likeness (QED) is 0.865. The van der Waals surface area contributed by atoms with Crippen molar-refractivity contribution >= 4 is 5.91 Å². The number of para-hydroxylation sites is 2. The van der Waals surface area contributed by atoms with E-state index in [9.17, 15) is 18.0 Å². The van der Waals surface area contributed by atoms with E-state index in [0.29, 0.717) is 13.1 Å². The molecule has 1 aromatic carbocycles.